The topological polar surface area (TPSA) is 20.3 Å². The number of hydrogen-bond acceptors (Lipinski definition) is 1. The fourth-order valence-electron chi connectivity index (χ4n) is 2.64. The van der Waals surface area contributed by atoms with Crippen molar-refractivity contribution in [1.29, 1.82) is 0 Å². The number of halogens is 3. The Balaban J connectivity index is 2.44. The van der Waals surface area contributed by atoms with Crippen LogP contribution in [-0.4, -0.2) is 11.9 Å². The summed E-state index contributed by atoms with van der Waals surface area (Å²) in [4.78, 5) is 14.5. The number of carbonyl (C=O) groups is 1. The van der Waals surface area contributed by atoms with Gasteiger partial charge in [0.1, 0.15) is 0 Å². The first-order valence-corrected chi connectivity index (χ1v) is 8.07. The van der Waals surface area contributed by atoms with Gasteiger partial charge in [0.05, 0.1) is 11.6 Å². The van der Waals surface area contributed by atoms with Gasteiger partial charge in [-0.25, -0.2) is 0 Å². The largest absolute Gasteiger partial charge is 0.416 e. The van der Waals surface area contributed by atoms with Crippen LogP contribution in [0.15, 0.2) is 67.3 Å². The van der Waals surface area contributed by atoms with Gasteiger partial charge in [0.2, 0.25) is 0 Å². The Labute approximate surface area is 145 Å². The molecule has 1 atom stereocenters. The number of anilines is 1. The van der Waals surface area contributed by atoms with E-state index < -0.39 is 11.7 Å². The smallest absolute Gasteiger partial charge is 0.302 e. The predicted octanol–water partition coefficient (Wildman–Crippen LogP) is 5.71. The molecule has 0 fully saturated rings. The quantitative estimate of drug-likeness (QED) is 0.613. The summed E-state index contributed by atoms with van der Waals surface area (Å²) in [5.41, 5.74) is 0.152. The summed E-state index contributed by atoms with van der Waals surface area (Å²) < 4.78 is 38.4. The fourth-order valence-corrected chi connectivity index (χ4v) is 2.64. The highest BCUT2D eigenvalue weighted by molar-refractivity contribution is 6.06. The van der Waals surface area contributed by atoms with Gasteiger partial charge in [0.15, 0.2) is 0 Å². The van der Waals surface area contributed by atoms with Crippen molar-refractivity contribution in [3.8, 4) is 0 Å². The predicted molar refractivity (Wildman–Crippen MR) is 93.6 cm³/mol. The van der Waals surface area contributed by atoms with Crippen LogP contribution in [0.1, 0.15) is 35.7 Å². The number of alkyl halides is 3. The summed E-state index contributed by atoms with van der Waals surface area (Å²) in [6, 6.07) is 13.0. The molecule has 0 N–H and O–H groups in total. The van der Waals surface area contributed by atoms with E-state index in [1.807, 2.05) is 6.92 Å². The van der Waals surface area contributed by atoms with Crippen LogP contribution in [-0.2, 0) is 6.18 Å². The average molecular weight is 347 g/mol. The third-order valence-electron chi connectivity index (χ3n) is 3.90. The maximum atomic E-state index is 13.0. The number of amides is 1. The van der Waals surface area contributed by atoms with Gasteiger partial charge in [-0.3, -0.25) is 4.79 Å². The molecule has 0 radical (unpaired) electrons. The normalized spacial score (nSPS) is 12.5. The van der Waals surface area contributed by atoms with Crippen molar-refractivity contribution >= 4 is 11.6 Å². The zero-order valence-corrected chi connectivity index (χ0v) is 14.0. The van der Waals surface area contributed by atoms with Crippen LogP contribution in [0.2, 0.25) is 0 Å². The fraction of sp³-hybridized carbons (Fsp3) is 0.250. The van der Waals surface area contributed by atoms with Gasteiger partial charge in [-0.1, -0.05) is 37.6 Å². The van der Waals surface area contributed by atoms with Crippen LogP contribution in [0.3, 0.4) is 0 Å². The summed E-state index contributed by atoms with van der Waals surface area (Å²) in [6.45, 7) is 5.77. The molecule has 2 aromatic rings. The molecule has 25 heavy (non-hydrogen) atoms. The molecule has 0 aliphatic rings. The molecule has 2 aromatic carbocycles. The van der Waals surface area contributed by atoms with Gasteiger partial charge in [-0.2, -0.15) is 13.2 Å². The third kappa shape index (κ3) is 4.50. The molecule has 0 aliphatic carbocycles. The lowest BCUT2D eigenvalue weighted by Gasteiger charge is -2.30. The first-order valence-electron chi connectivity index (χ1n) is 8.07. The summed E-state index contributed by atoms with van der Waals surface area (Å²) in [7, 11) is 0. The summed E-state index contributed by atoms with van der Waals surface area (Å²) in [5, 5.41) is 0. The number of nitrogens with zero attached hydrogens (tertiary/aromatic N) is 1. The first kappa shape index (κ1) is 18.8. The van der Waals surface area contributed by atoms with Gasteiger partial charge >= 0.3 is 6.18 Å². The second-order valence-corrected chi connectivity index (χ2v) is 5.68. The molecule has 2 rings (SSSR count). The Morgan fingerprint density at radius 1 is 1.12 bits per heavy atom. The number of hydrogen-bond donors (Lipinski definition) is 0. The maximum absolute atomic E-state index is 13.0. The highest BCUT2D eigenvalue weighted by Gasteiger charge is 2.31. The molecular formula is C20H20F3NO. The molecule has 0 spiro atoms. The zero-order valence-electron chi connectivity index (χ0n) is 14.0. The Morgan fingerprint density at radius 2 is 1.72 bits per heavy atom. The van der Waals surface area contributed by atoms with E-state index in [0.29, 0.717) is 17.7 Å². The van der Waals surface area contributed by atoms with Crippen molar-refractivity contribution in [1.82, 2.24) is 0 Å². The minimum absolute atomic E-state index is 0.265. The second-order valence-electron chi connectivity index (χ2n) is 5.68. The van der Waals surface area contributed by atoms with E-state index in [0.717, 1.165) is 18.6 Å². The minimum atomic E-state index is -4.41. The molecule has 0 aromatic heterocycles. The van der Waals surface area contributed by atoms with Crippen LogP contribution in [0.5, 0.6) is 0 Å². The van der Waals surface area contributed by atoms with E-state index in [2.05, 4.69) is 6.58 Å². The molecule has 0 saturated carbocycles. The molecule has 0 saturated heterocycles. The van der Waals surface area contributed by atoms with Crippen LogP contribution >= 0.6 is 0 Å². The lowest BCUT2D eigenvalue weighted by atomic mass is 10.1. The molecule has 132 valence electrons. The van der Waals surface area contributed by atoms with Crippen LogP contribution < -0.4 is 4.90 Å². The highest BCUT2D eigenvalue weighted by Crippen LogP contribution is 2.31. The van der Waals surface area contributed by atoms with Crippen molar-refractivity contribution < 1.29 is 18.0 Å². The van der Waals surface area contributed by atoms with E-state index in [9.17, 15) is 18.0 Å². The summed E-state index contributed by atoms with van der Waals surface area (Å²) >= 11 is 0. The number of rotatable bonds is 6. The number of benzene rings is 2. The Hall–Kier alpha value is -2.56. The monoisotopic (exact) mass is 347 g/mol. The standard InChI is InChI=1S/C20H20F3NO/c1-3-8-17(4-2)24(19(25)15-9-6-5-7-10-15)18-13-11-16(12-14-18)20(21,22)23/h4-7,9-14,17H,2-3,8H2,1H3. The maximum Gasteiger partial charge on any atom is 0.416 e. The number of carbonyl (C=O) groups excluding carboxylic acids is 1. The highest BCUT2D eigenvalue weighted by atomic mass is 19.4. The SMILES string of the molecule is C=CC(CCC)N(C(=O)c1ccccc1)c1ccc(C(F)(F)F)cc1. The molecule has 5 heteroatoms. The molecule has 1 amide bonds. The molecule has 1 unspecified atom stereocenters. The second kappa shape index (κ2) is 8.01. The average Bonchev–Trinajstić information content (AvgIpc) is 2.61. The van der Waals surface area contributed by atoms with Crippen molar-refractivity contribution in [2.75, 3.05) is 4.90 Å². The molecule has 0 bridgehead atoms. The first-order chi connectivity index (χ1) is 11.9. The van der Waals surface area contributed by atoms with E-state index in [-0.39, 0.29) is 11.9 Å². The van der Waals surface area contributed by atoms with Crippen LogP contribution in [0.4, 0.5) is 18.9 Å². The van der Waals surface area contributed by atoms with Crippen LogP contribution in [0.25, 0.3) is 0 Å². The minimum Gasteiger partial charge on any atom is -0.302 e. The van der Waals surface area contributed by atoms with Crippen molar-refractivity contribution in [2.45, 2.75) is 32.0 Å². The lowest BCUT2D eigenvalue weighted by molar-refractivity contribution is -0.137. The van der Waals surface area contributed by atoms with E-state index in [1.54, 1.807) is 36.4 Å². The lowest BCUT2D eigenvalue weighted by Crippen LogP contribution is -2.39. The van der Waals surface area contributed by atoms with Crippen molar-refractivity contribution in [3.05, 3.63) is 78.4 Å². The van der Waals surface area contributed by atoms with E-state index in [4.69, 9.17) is 0 Å². The summed E-state index contributed by atoms with van der Waals surface area (Å²) in [5.74, 6) is -0.265. The van der Waals surface area contributed by atoms with Gasteiger partial charge in [0, 0.05) is 11.3 Å². The molecule has 0 aliphatic heterocycles. The Morgan fingerprint density at radius 3 is 2.20 bits per heavy atom. The van der Waals surface area contributed by atoms with Gasteiger partial charge in [-0.15, -0.1) is 6.58 Å². The Bertz CT molecular complexity index is 708. The van der Waals surface area contributed by atoms with Crippen LogP contribution in [0, 0.1) is 0 Å². The molecule has 0 heterocycles. The van der Waals surface area contributed by atoms with Gasteiger partial charge in [-0.05, 0) is 42.8 Å². The zero-order chi connectivity index (χ0) is 18.4. The van der Waals surface area contributed by atoms with Crippen molar-refractivity contribution in [2.24, 2.45) is 0 Å². The molecule has 2 nitrogen and oxygen atoms in total. The Kier molecular flexibility index (Phi) is 6.02. The van der Waals surface area contributed by atoms with Gasteiger partial charge in [0.25, 0.3) is 5.91 Å². The third-order valence-corrected chi connectivity index (χ3v) is 3.90. The van der Waals surface area contributed by atoms with Gasteiger partial charge < -0.3 is 4.90 Å². The van der Waals surface area contributed by atoms with E-state index >= 15 is 0 Å². The van der Waals surface area contributed by atoms with Crippen molar-refractivity contribution in [3.63, 3.8) is 0 Å². The van der Waals surface area contributed by atoms with E-state index in [1.165, 1.54) is 17.0 Å². The summed E-state index contributed by atoms with van der Waals surface area (Å²) in [6.07, 6.45) is -1.27. The molecular weight excluding hydrogens is 327 g/mol.